The first-order chi connectivity index (χ1) is 4.27. The molecule has 1 atom stereocenters. The second-order valence-electron chi connectivity index (χ2n) is 1.83. The maximum Gasteiger partial charge on any atom is 0.146 e. The van der Waals surface area contributed by atoms with Crippen LogP contribution in [0.25, 0.3) is 0 Å². The van der Waals surface area contributed by atoms with E-state index in [0.29, 0.717) is 13.2 Å². The molecule has 9 heavy (non-hydrogen) atoms. The fraction of sp³-hybridized carbons (Fsp3) is 1.00. The average molecular weight is 134 g/mol. The van der Waals surface area contributed by atoms with Crippen molar-refractivity contribution in [2.45, 2.75) is 20.0 Å². The maximum absolute atomic E-state index is 8.67. The molecule has 0 aromatic rings. The predicted molar refractivity (Wildman–Crippen MR) is 34.1 cm³/mol. The van der Waals surface area contributed by atoms with Crippen molar-refractivity contribution in [1.29, 1.82) is 0 Å². The molecule has 0 fully saturated rings. The van der Waals surface area contributed by atoms with E-state index in [1.54, 1.807) is 6.92 Å². The van der Waals surface area contributed by atoms with Gasteiger partial charge in [-0.25, -0.2) is 0 Å². The molecular formula is C6H14O3. The Morgan fingerprint density at radius 3 is 2.56 bits per heavy atom. The van der Waals surface area contributed by atoms with Crippen LogP contribution >= 0.6 is 0 Å². The zero-order chi connectivity index (χ0) is 7.11. The average Bonchev–Trinajstić information content (AvgIpc) is 1.80. The van der Waals surface area contributed by atoms with Gasteiger partial charge in [-0.15, -0.1) is 0 Å². The van der Waals surface area contributed by atoms with Crippen LogP contribution in [0.15, 0.2) is 0 Å². The lowest BCUT2D eigenvalue weighted by molar-refractivity contribution is -0.0722. The molecule has 0 aliphatic carbocycles. The summed E-state index contributed by atoms with van der Waals surface area (Å²) in [5, 5.41) is 8.67. The van der Waals surface area contributed by atoms with Crippen LogP contribution in [0.5, 0.6) is 0 Å². The maximum atomic E-state index is 8.67. The smallest absolute Gasteiger partial charge is 0.146 e. The summed E-state index contributed by atoms with van der Waals surface area (Å²) in [5.74, 6) is 0. The standard InChI is InChI=1S/C6H14O3/c1-3-8-5-9-4-6(2)7/h6-7H,3-5H2,1-2H3/t6-/m0/s1. The molecule has 0 rings (SSSR count). The van der Waals surface area contributed by atoms with Gasteiger partial charge in [-0.1, -0.05) is 0 Å². The summed E-state index contributed by atoms with van der Waals surface area (Å²) in [6.45, 7) is 4.85. The van der Waals surface area contributed by atoms with E-state index >= 15 is 0 Å². The van der Waals surface area contributed by atoms with E-state index in [4.69, 9.17) is 14.6 Å². The molecule has 0 bridgehead atoms. The fourth-order valence-electron chi connectivity index (χ4n) is 0.361. The monoisotopic (exact) mass is 134 g/mol. The molecule has 0 saturated carbocycles. The Morgan fingerprint density at radius 1 is 1.44 bits per heavy atom. The molecule has 0 heterocycles. The predicted octanol–water partition coefficient (Wildman–Crippen LogP) is 0.378. The van der Waals surface area contributed by atoms with Gasteiger partial charge in [-0.2, -0.15) is 0 Å². The van der Waals surface area contributed by atoms with E-state index in [9.17, 15) is 0 Å². The Kier molecular flexibility index (Phi) is 5.93. The minimum atomic E-state index is -0.398. The first-order valence-corrected chi connectivity index (χ1v) is 3.11. The van der Waals surface area contributed by atoms with Crippen LogP contribution in [0.3, 0.4) is 0 Å². The molecule has 1 N–H and O–H groups in total. The van der Waals surface area contributed by atoms with Gasteiger partial charge >= 0.3 is 0 Å². The third-order valence-corrected chi connectivity index (χ3v) is 0.730. The molecule has 0 aromatic heterocycles. The number of aliphatic hydroxyl groups is 1. The number of rotatable bonds is 5. The molecule has 0 aliphatic rings. The van der Waals surface area contributed by atoms with Crippen LogP contribution in [0, 0.1) is 0 Å². The van der Waals surface area contributed by atoms with E-state index < -0.39 is 6.10 Å². The SMILES string of the molecule is CCOCOC[C@H](C)O. The van der Waals surface area contributed by atoms with Crippen LogP contribution in [0.1, 0.15) is 13.8 Å². The van der Waals surface area contributed by atoms with E-state index in [1.165, 1.54) is 0 Å². The fourth-order valence-corrected chi connectivity index (χ4v) is 0.361. The van der Waals surface area contributed by atoms with Gasteiger partial charge in [0.15, 0.2) is 0 Å². The van der Waals surface area contributed by atoms with Crippen molar-refractivity contribution in [3.63, 3.8) is 0 Å². The highest BCUT2D eigenvalue weighted by atomic mass is 16.7. The van der Waals surface area contributed by atoms with Crippen molar-refractivity contribution in [3.8, 4) is 0 Å². The largest absolute Gasteiger partial charge is 0.391 e. The van der Waals surface area contributed by atoms with Gasteiger partial charge in [0.25, 0.3) is 0 Å². The van der Waals surface area contributed by atoms with Crippen molar-refractivity contribution in [3.05, 3.63) is 0 Å². The molecule has 56 valence electrons. The summed E-state index contributed by atoms with van der Waals surface area (Å²) in [4.78, 5) is 0. The minimum Gasteiger partial charge on any atom is -0.391 e. The van der Waals surface area contributed by atoms with Crippen LogP contribution in [0.4, 0.5) is 0 Å². The normalized spacial score (nSPS) is 13.7. The summed E-state index contributed by atoms with van der Waals surface area (Å²) < 4.78 is 9.71. The van der Waals surface area contributed by atoms with Crippen molar-refractivity contribution in [2.75, 3.05) is 20.0 Å². The molecular weight excluding hydrogens is 120 g/mol. The van der Waals surface area contributed by atoms with Crippen LogP contribution in [-0.2, 0) is 9.47 Å². The lowest BCUT2D eigenvalue weighted by Gasteiger charge is -2.04. The van der Waals surface area contributed by atoms with Crippen molar-refractivity contribution >= 4 is 0 Å². The second-order valence-corrected chi connectivity index (χ2v) is 1.83. The Morgan fingerprint density at radius 2 is 2.11 bits per heavy atom. The van der Waals surface area contributed by atoms with Crippen molar-refractivity contribution in [2.24, 2.45) is 0 Å². The summed E-state index contributed by atoms with van der Waals surface area (Å²) >= 11 is 0. The number of hydrogen-bond donors (Lipinski definition) is 1. The van der Waals surface area contributed by atoms with E-state index in [2.05, 4.69) is 0 Å². The third-order valence-electron chi connectivity index (χ3n) is 0.730. The molecule has 0 aromatic carbocycles. The van der Waals surface area contributed by atoms with E-state index in [0.717, 1.165) is 0 Å². The molecule has 0 saturated heterocycles. The number of ether oxygens (including phenoxy) is 2. The molecule has 3 heteroatoms. The van der Waals surface area contributed by atoms with Gasteiger partial charge in [0.05, 0.1) is 12.7 Å². The summed E-state index contributed by atoms with van der Waals surface area (Å²) in [7, 11) is 0. The Balaban J connectivity index is 2.75. The molecule has 3 nitrogen and oxygen atoms in total. The van der Waals surface area contributed by atoms with Crippen LogP contribution in [0.2, 0.25) is 0 Å². The van der Waals surface area contributed by atoms with Gasteiger partial charge in [0.2, 0.25) is 0 Å². The first kappa shape index (κ1) is 8.88. The van der Waals surface area contributed by atoms with Crippen LogP contribution < -0.4 is 0 Å². The van der Waals surface area contributed by atoms with E-state index in [1.807, 2.05) is 6.92 Å². The van der Waals surface area contributed by atoms with Gasteiger partial charge < -0.3 is 14.6 Å². The molecule has 0 spiro atoms. The van der Waals surface area contributed by atoms with Gasteiger partial charge in [-0.3, -0.25) is 0 Å². The lowest BCUT2D eigenvalue weighted by atomic mass is 10.5. The Bertz CT molecular complexity index is 54.3. The minimum absolute atomic E-state index is 0.279. The summed E-state index contributed by atoms with van der Waals surface area (Å²) in [5.41, 5.74) is 0. The summed E-state index contributed by atoms with van der Waals surface area (Å²) in [6.07, 6.45) is -0.398. The van der Waals surface area contributed by atoms with Crippen LogP contribution in [-0.4, -0.2) is 31.2 Å². The summed E-state index contributed by atoms with van der Waals surface area (Å²) in [6, 6.07) is 0. The Labute approximate surface area is 55.6 Å². The highest BCUT2D eigenvalue weighted by molar-refractivity contribution is 4.38. The van der Waals surface area contributed by atoms with Gasteiger partial charge in [0, 0.05) is 6.61 Å². The molecule has 0 aliphatic heterocycles. The topological polar surface area (TPSA) is 38.7 Å². The zero-order valence-corrected chi connectivity index (χ0v) is 5.96. The Hall–Kier alpha value is -0.120. The molecule has 0 radical (unpaired) electrons. The first-order valence-electron chi connectivity index (χ1n) is 3.11. The third kappa shape index (κ3) is 7.88. The van der Waals surface area contributed by atoms with Gasteiger partial charge in [-0.05, 0) is 13.8 Å². The van der Waals surface area contributed by atoms with Crippen molar-refractivity contribution < 1.29 is 14.6 Å². The van der Waals surface area contributed by atoms with E-state index in [-0.39, 0.29) is 6.79 Å². The number of hydrogen-bond acceptors (Lipinski definition) is 3. The highest BCUT2D eigenvalue weighted by Gasteiger charge is 1.92. The number of aliphatic hydroxyl groups excluding tert-OH is 1. The quantitative estimate of drug-likeness (QED) is 0.436. The zero-order valence-electron chi connectivity index (χ0n) is 5.96. The molecule has 0 amide bonds. The second kappa shape index (κ2) is 6.01. The van der Waals surface area contributed by atoms with Crippen molar-refractivity contribution in [1.82, 2.24) is 0 Å². The van der Waals surface area contributed by atoms with Gasteiger partial charge in [0.1, 0.15) is 6.79 Å². The molecule has 0 unspecified atom stereocenters. The lowest BCUT2D eigenvalue weighted by Crippen LogP contribution is -2.12. The highest BCUT2D eigenvalue weighted by Crippen LogP contribution is 1.82.